The van der Waals surface area contributed by atoms with Gasteiger partial charge in [-0.2, -0.15) is 10.2 Å². The molecule has 1 atom stereocenters. The Hall–Kier alpha value is -2.42. The van der Waals surface area contributed by atoms with Gasteiger partial charge in [0, 0.05) is 44.4 Å². The molecule has 3 rings (SSSR count). The van der Waals surface area contributed by atoms with Gasteiger partial charge in [-0.3, -0.25) is 14.8 Å². The Morgan fingerprint density at radius 2 is 2.19 bits per heavy atom. The van der Waals surface area contributed by atoms with Crippen molar-refractivity contribution in [1.82, 2.24) is 40.1 Å². The first-order valence-electron chi connectivity index (χ1n) is 9.62. The molecular weight excluding hydrogens is 342 g/mol. The first-order chi connectivity index (χ1) is 13.1. The highest BCUT2D eigenvalue weighted by atomic mass is 15.3. The summed E-state index contributed by atoms with van der Waals surface area (Å²) in [5, 5.41) is 14.8. The van der Waals surface area contributed by atoms with E-state index in [1.165, 1.54) is 5.56 Å². The Balaban J connectivity index is 1.65. The van der Waals surface area contributed by atoms with Crippen LogP contribution in [0.1, 0.15) is 43.1 Å². The summed E-state index contributed by atoms with van der Waals surface area (Å²) in [6, 6.07) is 0.207. The molecule has 27 heavy (non-hydrogen) atoms. The number of guanidine groups is 1. The minimum Gasteiger partial charge on any atom is -0.357 e. The Kier molecular flexibility index (Phi) is 6.44. The van der Waals surface area contributed by atoms with E-state index in [0.717, 1.165) is 44.3 Å². The van der Waals surface area contributed by atoms with E-state index in [-0.39, 0.29) is 6.04 Å². The van der Waals surface area contributed by atoms with Crippen molar-refractivity contribution >= 4 is 5.96 Å². The predicted molar refractivity (Wildman–Crippen MR) is 106 cm³/mol. The average Bonchev–Trinajstić information content (AvgIpc) is 3.33. The van der Waals surface area contributed by atoms with Crippen molar-refractivity contribution in [3.63, 3.8) is 0 Å². The number of rotatable bonds is 6. The predicted octanol–water partition coefficient (Wildman–Crippen LogP) is 0.986. The highest BCUT2D eigenvalue weighted by Gasteiger charge is 2.25. The van der Waals surface area contributed by atoms with E-state index in [0.29, 0.717) is 12.5 Å². The lowest BCUT2D eigenvalue weighted by molar-refractivity contribution is 0.289. The molecule has 3 heterocycles. The largest absolute Gasteiger partial charge is 0.357 e. The van der Waals surface area contributed by atoms with Crippen LogP contribution in [0.3, 0.4) is 0 Å². The molecule has 0 aromatic carbocycles. The van der Waals surface area contributed by atoms with Gasteiger partial charge in [0.1, 0.15) is 12.2 Å². The fourth-order valence-corrected chi connectivity index (χ4v) is 3.55. The lowest BCUT2D eigenvalue weighted by atomic mass is 9.96. The topological polar surface area (TPSA) is 90.3 Å². The molecule has 0 radical (unpaired) electrons. The number of aryl methyl sites for hydroxylation is 1. The van der Waals surface area contributed by atoms with Gasteiger partial charge in [0.05, 0.1) is 18.8 Å². The molecule has 9 nitrogen and oxygen atoms in total. The monoisotopic (exact) mass is 373 g/mol. The number of hydrogen-bond donors (Lipinski definition) is 2. The Morgan fingerprint density at radius 1 is 1.41 bits per heavy atom. The zero-order valence-corrected chi connectivity index (χ0v) is 16.8. The van der Waals surface area contributed by atoms with Gasteiger partial charge >= 0.3 is 0 Å². The zero-order chi connectivity index (χ0) is 19.2. The maximum Gasteiger partial charge on any atom is 0.193 e. The van der Waals surface area contributed by atoms with Crippen LogP contribution in [-0.4, -0.2) is 81.0 Å². The fourth-order valence-electron chi connectivity index (χ4n) is 3.55. The van der Waals surface area contributed by atoms with Gasteiger partial charge in [0.25, 0.3) is 0 Å². The molecule has 1 aliphatic heterocycles. The van der Waals surface area contributed by atoms with E-state index >= 15 is 0 Å². The molecule has 1 unspecified atom stereocenters. The number of aliphatic imine (C=N–C) groups is 1. The van der Waals surface area contributed by atoms with Gasteiger partial charge in [0.15, 0.2) is 5.96 Å². The van der Waals surface area contributed by atoms with E-state index in [1.54, 1.807) is 6.33 Å². The number of likely N-dealkylation sites (tertiary alicyclic amines) is 1. The molecular formula is C18H31N9. The summed E-state index contributed by atoms with van der Waals surface area (Å²) in [6.07, 6.45) is 7.69. The van der Waals surface area contributed by atoms with E-state index < -0.39 is 0 Å². The van der Waals surface area contributed by atoms with Crippen molar-refractivity contribution in [1.29, 1.82) is 0 Å². The van der Waals surface area contributed by atoms with Gasteiger partial charge < -0.3 is 15.1 Å². The first kappa shape index (κ1) is 19.3. The van der Waals surface area contributed by atoms with Crippen LogP contribution in [0.4, 0.5) is 0 Å². The summed E-state index contributed by atoms with van der Waals surface area (Å²) < 4.78 is 1.84. The molecule has 0 bridgehead atoms. The van der Waals surface area contributed by atoms with Crippen molar-refractivity contribution in [2.45, 2.75) is 31.7 Å². The molecule has 1 fully saturated rings. The number of H-pyrrole nitrogens is 1. The molecule has 0 saturated carbocycles. The number of likely N-dealkylation sites (N-methyl/N-ethyl adjacent to an activating group) is 1. The third kappa shape index (κ3) is 4.85. The standard InChI is InChI=1S/C18H31N9/c1-5-19-18(20-11-16(25(2)3)15-10-23-26(4)12-15)27-8-6-14(7-9-27)17-21-13-22-24-17/h10,12-14,16H,5-9,11H2,1-4H3,(H,19,20)(H,21,22,24). The quantitative estimate of drug-likeness (QED) is 0.580. The van der Waals surface area contributed by atoms with Crippen LogP contribution >= 0.6 is 0 Å². The van der Waals surface area contributed by atoms with Crippen LogP contribution in [0.25, 0.3) is 0 Å². The maximum absolute atomic E-state index is 4.95. The summed E-state index contributed by atoms with van der Waals surface area (Å²) in [6.45, 7) is 5.61. The van der Waals surface area contributed by atoms with Crippen molar-refractivity contribution < 1.29 is 0 Å². The lowest BCUT2D eigenvalue weighted by Crippen LogP contribution is -2.45. The highest BCUT2D eigenvalue weighted by molar-refractivity contribution is 5.80. The van der Waals surface area contributed by atoms with Crippen molar-refractivity contribution in [2.75, 3.05) is 40.3 Å². The van der Waals surface area contributed by atoms with Crippen molar-refractivity contribution in [2.24, 2.45) is 12.0 Å². The third-order valence-corrected chi connectivity index (χ3v) is 5.10. The molecule has 2 aromatic heterocycles. The van der Waals surface area contributed by atoms with Gasteiger partial charge in [-0.25, -0.2) is 4.98 Å². The van der Waals surface area contributed by atoms with Crippen LogP contribution < -0.4 is 5.32 Å². The molecule has 1 aliphatic rings. The summed E-state index contributed by atoms with van der Waals surface area (Å²) >= 11 is 0. The van der Waals surface area contributed by atoms with Crippen molar-refractivity contribution in [3.8, 4) is 0 Å². The molecule has 148 valence electrons. The first-order valence-corrected chi connectivity index (χ1v) is 9.62. The molecule has 1 saturated heterocycles. The van der Waals surface area contributed by atoms with Crippen molar-refractivity contribution in [3.05, 3.63) is 30.1 Å². The van der Waals surface area contributed by atoms with Crippen LogP contribution in [0.2, 0.25) is 0 Å². The minimum atomic E-state index is 0.207. The number of piperidine rings is 1. The van der Waals surface area contributed by atoms with E-state index in [2.05, 4.69) is 62.6 Å². The second kappa shape index (κ2) is 8.98. The SMILES string of the molecule is CCNC(=NCC(c1cnn(C)c1)N(C)C)N1CCC(c2ncn[nH]2)CC1. The minimum absolute atomic E-state index is 0.207. The second-order valence-electron chi connectivity index (χ2n) is 7.25. The molecule has 0 aliphatic carbocycles. The average molecular weight is 374 g/mol. The molecule has 2 N–H and O–H groups in total. The van der Waals surface area contributed by atoms with Crippen LogP contribution in [0.15, 0.2) is 23.7 Å². The van der Waals surface area contributed by atoms with Crippen LogP contribution in [0.5, 0.6) is 0 Å². The highest BCUT2D eigenvalue weighted by Crippen LogP contribution is 2.25. The number of hydrogen-bond acceptors (Lipinski definition) is 5. The van der Waals surface area contributed by atoms with E-state index in [4.69, 9.17) is 4.99 Å². The fraction of sp³-hybridized carbons (Fsp3) is 0.667. The smallest absolute Gasteiger partial charge is 0.193 e. The second-order valence-corrected chi connectivity index (χ2v) is 7.25. The van der Waals surface area contributed by atoms with Gasteiger partial charge in [0.2, 0.25) is 0 Å². The number of aromatic amines is 1. The summed E-state index contributed by atoms with van der Waals surface area (Å²) in [7, 11) is 6.12. The van der Waals surface area contributed by atoms with E-state index in [9.17, 15) is 0 Å². The van der Waals surface area contributed by atoms with Crippen LogP contribution in [-0.2, 0) is 7.05 Å². The Labute approximate surface area is 160 Å². The molecule has 0 spiro atoms. The molecule has 9 heteroatoms. The number of nitrogens with zero attached hydrogens (tertiary/aromatic N) is 7. The number of nitrogens with one attached hydrogen (secondary N) is 2. The zero-order valence-electron chi connectivity index (χ0n) is 16.8. The summed E-state index contributed by atoms with van der Waals surface area (Å²) in [5.74, 6) is 2.45. The molecule has 0 amide bonds. The lowest BCUT2D eigenvalue weighted by Gasteiger charge is -2.34. The maximum atomic E-state index is 4.95. The Morgan fingerprint density at radius 3 is 2.74 bits per heavy atom. The van der Waals surface area contributed by atoms with Gasteiger partial charge in [-0.05, 0) is 33.9 Å². The Bertz CT molecular complexity index is 711. The normalized spacial score (nSPS) is 17.5. The van der Waals surface area contributed by atoms with Crippen LogP contribution in [0, 0.1) is 0 Å². The molecule has 2 aromatic rings. The van der Waals surface area contributed by atoms with E-state index in [1.807, 2.05) is 17.9 Å². The summed E-state index contributed by atoms with van der Waals surface area (Å²) in [5.41, 5.74) is 1.19. The summed E-state index contributed by atoms with van der Waals surface area (Å²) in [4.78, 5) is 13.8. The van der Waals surface area contributed by atoms with Gasteiger partial charge in [-0.15, -0.1) is 0 Å². The third-order valence-electron chi connectivity index (χ3n) is 5.10. The number of aromatic nitrogens is 5. The van der Waals surface area contributed by atoms with Gasteiger partial charge in [-0.1, -0.05) is 0 Å².